The van der Waals surface area contributed by atoms with Crippen molar-refractivity contribution < 1.29 is 9.53 Å². The maximum absolute atomic E-state index is 11.9. The number of thiocarbonyl (C=S) groups is 1. The minimum Gasteiger partial charge on any atom is -0.497 e. The van der Waals surface area contributed by atoms with Crippen molar-refractivity contribution in [3.8, 4) is 5.75 Å². The van der Waals surface area contributed by atoms with Crippen molar-refractivity contribution in [2.75, 3.05) is 12.4 Å². The van der Waals surface area contributed by atoms with Crippen LogP contribution in [0.3, 0.4) is 0 Å². The van der Waals surface area contributed by atoms with Crippen molar-refractivity contribution in [2.45, 2.75) is 0 Å². The fraction of sp³-hybridized carbons (Fsp3) is 0.0588. The van der Waals surface area contributed by atoms with Gasteiger partial charge in [0.05, 0.1) is 17.2 Å². The molecule has 0 aliphatic rings. The van der Waals surface area contributed by atoms with Gasteiger partial charge in [0.1, 0.15) is 5.75 Å². The van der Waals surface area contributed by atoms with Crippen LogP contribution in [0.2, 0.25) is 10.0 Å². The van der Waals surface area contributed by atoms with Crippen LogP contribution in [0, 0.1) is 0 Å². The lowest BCUT2D eigenvalue weighted by Crippen LogP contribution is -2.32. The van der Waals surface area contributed by atoms with Gasteiger partial charge in [-0.2, -0.15) is 0 Å². The summed E-state index contributed by atoms with van der Waals surface area (Å²) in [4.78, 5) is 11.9. The van der Waals surface area contributed by atoms with E-state index in [4.69, 9.17) is 40.2 Å². The summed E-state index contributed by atoms with van der Waals surface area (Å²) in [7, 11) is 1.60. The quantitative estimate of drug-likeness (QED) is 0.604. The molecule has 4 nitrogen and oxygen atoms in total. The van der Waals surface area contributed by atoms with Gasteiger partial charge in [0.25, 0.3) is 0 Å². The van der Waals surface area contributed by atoms with Crippen molar-refractivity contribution in [1.82, 2.24) is 5.32 Å². The summed E-state index contributed by atoms with van der Waals surface area (Å²) < 4.78 is 5.07. The lowest BCUT2D eigenvalue weighted by Gasteiger charge is -2.08. The van der Waals surface area contributed by atoms with Crippen molar-refractivity contribution in [3.05, 3.63) is 64.1 Å². The zero-order valence-corrected chi connectivity index (χ0v) is 15.0. The average Bonchev–Trinajstić information content (AvgIpc) is 2.56. The lowest BCUT2D eigenvalue weighted by molar-refractivity contribution is -0.115. The van der Waals surface area contributed by atoms with Gasteiger partial charge in [-0.05, 0) is 54.2 Å². The van der Waals surface area contributed by atoms with Crippen LogP contribution in [-0.4, -0.2) is 18.1 Å². The van der Waals surface area contributed by atoms with E-state index < -0.39 is 0 Å². The molecular weight excluding hydrogens is 367 g/mol. The second-order valence-corrected chi connectivity index (χ2v) is 5.90. The molecule has 0 aromatic heterocycles. The zero-order valence-electron chi connectivity index (χ0n) is 12.7. The minimum atomic E-state index is -0.344. The molecule has 0 heterocycles. The molecule has 7 heteroatoms. The molecule has 0 aliphatic heterocycles. The van der Waals surface area contributed by atoms with Gasteiger partial charge < -0.3 is 10.1 Å². The Kier molecular flexibility index (Phi) is 6.61. The number of hydrogen-bond donors (Lipinski definition) is 2. The van der Waals surface area contributed by atoms with Crippen LogP contribution in [-0.2, 0) is 4.79 Å². The minimum absolute atomic E-state index is 0.165. The van der Waals surface area contributed by atoms with E-state index in [1.807, 2.05) is 24.3 Å². The van der Waals surface area contributed by atoms with E-state index in [9.17, 15) is 4.79 Å². The monoisotopic (exact) mass is 380 g/mol. The first kappa shape index (κ1) is 18.3. The normalized spacial score (nSPS) is 10.5. The lowest BCUT2D eigenvalue weighted by atomic mass is 10.2. The molecule has 0 aliphatic carbocycles. The zero-order chi connectivity index (χ0) is 17.5. The molecule has 0 atom stereocenters. The van der Waals surface area contributed by atoms with Crippen LogP contribution < -0.4 is 15.4 Å². The smallest absolute Gasteiger partial charge is 0.250 e. The second-order valence-electron chi connectivity index (χ2n) is 4.68. The Labute approximate surface area is 155 Å². The Hall–Kier alpha value is -2.08. The number of benzene rings is 2. The second kappa shape index (κ2) is 8.68. The van der Waals surface area contributed by atoms with E-state index in [1.165, 1.54) is 6.08 Å². The Morgan fingerprint density at radius 1 is 1.12 bits per heavy atom. The van der Waals surface area contributed by atoms with Crippen LogP contribution >= 0.6 is 35.4 Å². The van der Waals surface area contributed by atoms with Gasteiger partial charge in [-0.25, -0.2) is 0 Å². The summed E-state index contributed by atoms with van der Waals surface area (Å²) in [5, 5.41) is 6.42. The number of rotatable bonds is 4. The number of halogens is 2. The van der Waals surface area contributed by atoms with Crippen molar-refractivity contribution in [2.24, 2.45) is 0 Å². The van der Waals surface area contributed by atoms with Crippen LogP contribution in [0.1, 0.15) is 5.56 Å². The number of anilines is 1. The van der Waals surface area contributed by atoms with Gasteiger partial charge >= 0.3 is 0 Å². The molecule has 124 valence electrons. The summed E-state index contributed by atoms with van der Waals surface area (Å²) in [6, 6.07) is 12.3. The highest BCUT2D eigenvalue weighted by atomic mass is 35.5. The van der Waals surface area contributed by atoms with Crippen LogP contribution in [0.15, 0.2) is 48.5 Å². The molecule has 1 amide bonds. The number of methoxy groups -OCH3 is 1. The molecule has 2 aromatic carbocycles. The third-order valence-corrected chi connectivity index (χ3v) is 3.90. The Bertz CT molecular complexity index is 777. The van der Waals surface area contributed by atoms with Gasteiger partial charge in [-0.3, -0.25) is 10.1 Å². The third kappa shape index (κ3) is 5.53. The third-order valence-electron chi connectivity index (χ3n) is 2.96. The highest BCUT2D eigenvalue weighted by molar-refractivity contribution is 7.80. The molecule has 0 saturated heterocycles. The number of hydrogen-bond acceptors (Lipinski definition) is 3. The Balaban J connectivity index is 1.89. The summed E-state index contributed by atoms with van der Waals surface area (Å²) in [6.45, 7) is 0. The molecule has 0 radical (unpaired) electrons. The molecule has 2 N–H and O–H groups in total. The van der Waals surface area contributed by atoms with Gasteiger partial charge in [-0.15, -0.1) is 0 Å². The molecule has 0 spiro atoms. The SMILES string of the molecule is COc1ccc(/C=C/C(=O)NC(=S)Nc2ccc(Cl)c(Cl)c2)cc1. The molecule has 0 bridgehead atoms. The van der Waals surface area contributed by atoms with E-state index >= 15 is 0 Å². The van der Waals surface area contributed by atoms with E-state index in [-0.39, 0.29) is 11.0 Å². The fourth-order valence-electron chi connectivity index (χ4n) is 1.78. The predicted octanol–water partition coefficient (Wildman–Crippen LogP) is 4.53. The molecule has 0 unspecified atom stereocenters. The predicted molar refractivity (Wildman–Crippen MR) is 103 cm³/mol. The number of carbonyl (C=O) groups excluding carboxylic acids is 1. The maximum Gasteiger partial charge on any atom is 0.250 e. The van der Waals surface area contributed by atoms with Gasteiger partial charge in [0.15, 0.2) is 5.11 Å². The summed E-state index contributed by atoms with van der Waals surface area (Å²) in [5.41, 5.74) is 1.50. The summed E-state index contributed by atoms with van der Waals surface area (Å²) in [5.74, 6) is 0.409. The molecular formula is C17H14Cl2N2O2S. The Morgan fingerprint density at radius 2 is 1.83 bits per heavy atom. The molecule has 2 rings (SSSR count). The van der Waals surface area contributed by atoms with E-state index in [2.05, 4.69) is 10.6 Å². The van der Waals surface area contributed by atoms with Crippen molar-refractivity contribution in [1.29, 1.82) is 0 Å². The standard InChI is InChI=1S/C17H14Cl2N2O2S/c1-23-13-6-2-11(3-7-13)4-9-16(22)21-17(24)20-12-5-8-14(18)15(19)10-12/h2-10H,1H3,(H2,20,21,22,24)/b9-4+. The van der Waals surface area contributed by atoms with Gasteiger partial charge in [0, 0.05) is 11.8 Å². The van der Waals surface area contributed by atoms with Crippen molar-refractivity contribution in [3.63, 3.8) is 0 Å². The first-order chi connectivity index (χ1) is 11.5. The Morgan fingerprint density at radius 3 is 2.46 bits per heavy atom. The average molecular weight is 381 g/mol. The molecule has 2 aromatic rings. The van der Waals surface area contributed by atoms with Crippen LogP contribution in [0.5, 0.6) is 5.75 Å². The number of ether oxygens (including phenoxy) is 1. The summed E-state index contributed by atoms with van der Waals surface area (Å²) in [6.07, 6.45) is 3.07. The van der Waals surface area contributed by atoms with Crippen LogP contribution in [0.25, 0.3) is 6.08 Å². The van der Waals surface area contributed by atoms with E-state index in [1.54, 1.807) is 31.4 Å². The van der Waals surface area contributed by atoms with E-state index in [0.29, 0.717) is 15.7 Å². The maximum atomic E-state index is 11.9. The number of nitrogens with one attached hydrogen (secondary N) is 2. The highest BCUT2D eigenvalue weighted by Crippen LogP contribution is 2.24. The molecule has 0 fully saturated rings. The van der Waals surface area contributed by atoms with Crippen molar-refractivity contribution >= 4 is 58.2 Å². The van der Waals surface area contributed by atoms with Gasteiger partial charge in [0.2, 0.25) is 5.91 Å². The van der Waals surface area contributed by atoms with Gasteiger partial charge in [-0.1, -0.05) is 35.3 Å². The molecule has 24 heavy (non-hydrogen) atoms. The van der Waals surface area contributed by atoms with Crippen LogP contribution in [0.4, 0.5) is 5.69 Å². The largest absolute Gasteiger partial charge is 0.497 e. The highest BCUT2D eigenvalue weighted by Gasteiger charge is 2.04. The first-order valence-corrected chi connectivity index (χ1v) is 8.03. The topological polar surface area (TPSA) is 50.4 Å². The summed E-state index contributed by atoms with van der Waals surface area (Å²) >= 11 is 16.8. The number of amides is 1. The van der Waals surface area contributed by atoms with E-state index in [0.717, 1.165) is 11.3 Å². The number of carbonyl (C=O) groups is 1. The first-order valence-electron chi connectivity index (χ1n) is 6.87. The fourth-order valence-corrected chi connectivity index (χ4v) is 2.29. The molecule has 0 saturated carbocycles.